The van der Waals surface area contributed by atoms with Crippen LogP contribution in [0.2, 0.25) is 5.02 Å². The van der Waals surface area contributed by atoms with Gasteiger partial charge in [-0.05, 0) is 30.5 Å². The molecule has 162 valence electrons. The molecule has 0 aliphatic carbocycles. The largest absolute Gasteiger partial charge is 0.492 e. The summed E-state index contributed by atoms with van der Waals surface area (Å²) >= 11 is 6.65. The number of carbonyl (C=O) groups excluding carboxylic acids is 2. The summed E-state index contributed by atoms with van der Waals surface area (Å²) in [6.07, 6.45) is 2.06. The Labute approximate surface area is 186 Å². The minimum atomic E-state index is -0.337. The van der Waals surface area contributed by atoms with Gasteiger partial charge in [-0.15, -0.1) is 0 Å². The fourth-order valence-electron chi connectivity index (χ4n) is 3.71. The molecule has 2 aliphatic rings. The summed E-state index contributed by atoms with van der Waals surface area (Å²) in [5.41, 5.74) is 2.67. The van der Waals surface area contributed by atoms with Crippen molar-refractivity contribution in [1.29, 1.82) is 0 Å². The monoisotopic (exact) mass is 441 g/mol. The molecule has 2 aromatic carbocycles. The van der Waals surface area contributed by atoms with Gasteiger partial charge in [0.2, 0.25) is 11.9 Å². The third-order valence-electron chi connectivity index (χ3n) is 5.30. The standard InChI is InChI=1S/C23H24ClN3O4/c1-15(28)30-11-5-6-12-31-20-10-9-18-17(21(20)24)14-27-19(22(29)26-23(27)25-18)13-16-7-3-2-4-8-16/h2-4,7-10,19H,5-6,11-14H2,1H3,(H,25,26,29). The summed E-state index contributed by atoms with van der Waals surface area (Å²) in [7, 11) is 0. The highest BCUT2D eigenvalue weighted by molar-refractivity contribution is 6.33. The number of nitrogens with one attached hydrogen (secondary N) is 1. The second kappa shape index (κ2) is 9.39. The van der Waals surface area contributed by atoms with E-state index in [2.05, 4.69) is 10.3 Å². The zero-order valence-corrected chi connectivity index (χ0v) is 18.0. The van der Waals surface area contributed by atoms with E-state index in [1.54, 1.807) is 6.07 Å². The van der Waals surface area contributed by atoms with E-state index in [4.69, 9.17) is 21.1 Å². The lowest BCUT2D eigenvalue weighted by Gasteiger charge is -2.29. The first-order chi connectivity index (χ1) is 15.0. The summed E-state index contributed by atoms with van der Waals surface area (Å²) in [5.74, 6) is 0.813. The van der Waals surface area contributed by atoms with Crippen molar-refractivity contribution in [3.05, 3.63) is 58.6 Å². The molecule has 0 saturated carbocycles. The van der Waals surface area contributed by atoms with E-state index in [-0.39, 0.29) is 17.9 Å². The van der Waals surface area contributed by atoms with E-state index in [0.717, 1.165) is 29.7 Å². The molecule has 31 heavy (non-hydrogen) atoms. The summed E-state index contributed by atoms with van der Waals surface area (Å²) in [6.45, 7) is 2.72. The van der Waals surface area contributed by atoms with Crippen molar-refractivity contribution in [2.75, 3.05) is 13.2 Å². The number of ether oxygens (including phenoxy) is 2. The zero-order chi connectivity index (χ0) is 21.8. The highest BCUT2D eigenvalue weighted by Gasteiger charge is 2.39. The van der Waals surface area contributed by atoms with E-state index in [0.29, 0.717) is 42.9 Å². The third-order valence-corrected chi connectivity index (χ3v) is 5.71. The van der Waals surface area contributed by atoms with Gasteiger partial charge in [-0.1, -0.05) is 41.9 Å². The average molecular weight is 442 g/mol. The Bertz CT molecular complexity index is 1010. The number of fused-ring (bicyclic) bond motifs is 2. The second-order valence-corrected chi connectivity index (χ2v) is 7.91. The number of aliphatic imine (C=N–C) groups is 1. The molecule has 8 heteroatoms. The van der Waals surface area contributed by atoms with Crippen LogP contribution in [0.15, 0.2) is 47.5 Å². The first kappa shape index (κ1) is 21.2. The molecule has 1 atom stereocenters. The number of guanidine groups is 1. The molecule has 0 bridgehead atoms. The van der Waals surface area contributed by atoms with Gasteiger partial charge in [-0.3, -0.25) is 14.9 Å². The van der Waals surface area contributed by atoms with Crippen LogP contribution in [0.3, 0.4) is 0 Å². The maximum absolute atomic E-state index is 12.6. The molecule has 7 nitrogen and oxygen atoms in total. The van der Waals surface area contributed by atoms with Crippen LogP contribution in [-0.4, -0.2) is 42.0 Å². The van der Waals surface area contributed by atoms with Gasteiger partial charge in [-0.2, -0.15) is 0 Å². The van der Waals surface area contributed by atoms with Gasteiger partial charge in [0, 0.05) is 18.9 Å². The van der Waals surface area contributed by atoms with Crippen molar-refractivity contribution in [3.8, 4) is 5.75 Å². The van der Waals surface area contributed by atoms with Crippen molar-refractivity contribution in [2.24, 2.45) is 4.99 Å². The number of nitrogens with zero attached hydrogens (tertiary/aromatic N) is 2. The molecule has 1 saturated heterocycles. The fourth-order valence-corrected chi connectivity index (χ4v) is 3.99. The SMILES string of the molecule is CC(=O)OCCCCOc1ccc2c(c1Cl)CN1C(=N2)NC(=O)C1Cc1ccccc1. The van der Waals surface area contributed by atoms with Crippen molar-refractivity contribution in [2.45, 2.75) is 38.8 Å². The predicted octanol–water partition coefficient (Wildman–Crippen LogP) is 3.61. The van der Waals surface area contributed by atoms with Crippen LogP contribution in [-0.2, 0) is 27.3 Å². The molecule has 0 aromatic heterocycles. The molecule has 2 aliphatic heterocycles. The molecular weight excluding hydrogens is 418 g/mol. The van der Waals surface area contributed by atoms with Crippen molar-refractivity contribution in [3.63, 3.8) is 0 Å². The third kappa shape index (κ3) is 4.82. The minimum absolute atomic E-state index is 0.0595. The molecule has 2 heterocycles. The second-order valence-electron chi connectivity index (χ2n) is 7.53. The molecule has 0 spiro atoms. The molecule has 1 N–H and O–H groups in total. The molecule has 2 aromatic rings. The number of esters is 1. The van der Waals surface area contributed by atoms with E-state index in [1.807, 2.05) is 41.3 Å². The van der Waals surface area contributed by atoms with E-state index in [1.165, 1.54) is 6.92 Å². The Morgan fingerprint density at radius 3 is 2.74 bits per heavy atom. The number of amides is 1. The summed E-state index contributed by atoms with van der Waals surface area (Å²) in [4.78, 5) is 30.0. The molecular formula is C23H24ClN3O4. The number of carbonyl (C=O) groups is 2. The highest BCUT2D eigenvalue weighted by atomic mass is 35.5. The first-order valence-corrected chi connectivity index (χ1v) is 10.7. The molecule has 1 unspecified atom stereocenters. The van der Waals surface area contributed by atoms with Crippen LogP contribution in [0.5, 0.6) is 5.75 Å². The lowest BCUT2D eigenvalue weighted by molar-refractivity contribution is -0.141. The Kier molecular flexibility index (Phi) is 6.42. The Hall–Kier alpha value is -3.06. The van der Waals surface area contributed by atoms with E-state index >= 15 is 0 Å². The summed E-state index contributed by atoms with van der Waals surface area (Å²) in [6, 6.07) is 13.2. The normalized spacial score (nSPS) is 16.8. The minimum Gasteiger partial charge on any atom is -0.492 e. The van der Waals surface area contributed by atoms with Crippen molar-refractivity contribution < 1.29 is 19.1 Å². The van der Waals surface area contributed by atoms with Crippen molar-refractivity contribution in [1.82, 2.24) is 10.2 Å². The number of halogens is 1. The molecule has 1 amide bonds. The van der Waals surface area contributed by atoms with Gasteiger partial charge < -0.3 is 14.4 Å². The Morgan fingerprint density at radius 2 is 1.97 bits per heavy atom. The summed E-state index contributed by atoms with van der Waals surface area (Å²) in [5, 5.41) is 3.40. The number of benzene rings is 2. The van der Waals surface area contributed by atoms with Crippen LogP contribution >= 0.6 is 11.6 Å². The van der Waals surface area contributed by atoms with Gasteiger partial charge in [0.1, 0.15) is 11.8 Å². The lowest BCUT2D eigenvalue weighted by atomic mass is 10.0. The first-order valence-electron chi connectivity index (χ1n) is 10.3. The number of rotatable bonds is 8. The number of hydrogen-bond acceptors (Lipinski definition) is 6. The average Bonchev–Trinajstić information content (AvgIpc) is 3.05. The van der Waals surface area contributed by atoms with E-state index < -0.39 is 0 Å². The highest BCUT2D eigenvalue weighted by Crippen LogP contribution is 2.39. The number of unbranched alkanes of at least 4 members (excludes halogenated alkanes) is 1. The van der Waals surface area contributed by atoms with Crippen LogP contribution in [0, 0.1) is 0 Å². The van der Waals surface area contributed by atoms with Gasteiger partial charge in [-0.25, -0.2) is 4.99 Å². The molecule has 1 fully saturated rings. The summed E-state index contributed by atoms with van der Waals surface area (Å²) < 4.78 is 10.8. The lowest BCUT2D eigenvalue weighted by Crippen LogP contribution is -2.38. The van der Waals surface area contributed by atoms with Crippen LogP contribution in [0.25, 0.3) is 0 Å². The van der Waals surface area contributed by atoms with Crippen LogP contribution in [0.4, 0.5) is 5.69 Å². The molecule has 0 radical (unpaired) electrons. The topological polar surface area (TPSA) is 80.2 Å². The quantitative estimate of drug-likeness (QED) is 0.500. The van der Waals surface area contributed by atoms with Gasteiger partial charge in [0.15, 0.2) is 0 Å². The number of hydrogen-bond donors (Lipinski definition) is 1. The van der Waals surface area contributed by atoms with Gasteiger partial charge in [0.25, 0.3) is 0 Å². The van der Waals surface area contributed by atoms with Gasteiger partial charge in [0.05, 0.1) is 30.5 Å². The predicted molar refractivity (Wildman–Crippen MR) is 118 cm³/mol. The maximum Gasteiger partial charge on any atom is 0.302 e. The Morgan fingerprint density at radius 1 is 1.19 bits per heavy atom. The van der Waals surface area contributed by atoms with Crippen molar-refractivity contribution >= 4 is 35.1 Å². The fraction of sp³-hybridized carbons (Fsp3) is 0.348. The Balaban J connectivity index is 1.43. The van der Waals surface area contributed by atoms with E-state index in [9.17, 15) is 9.59 Å². The van der Waals surface area contributed by atoms with Crippen LogP contribution in [0.1, 0.15) is 30.9 Å². The van der Waals surface area contributed by atoms with Gasteiger partial charge >= 0.3 is 5.97 Å². The smallest absolute Gasteiger partial charge is 0.302 e. The van der Waals surface area contributed by atoms with Crippen LogP contribution < -0.4 is 10.1 Å². The zero-order valence-electron chi connectivity index (χ0n) is 17.3. The molecule has 4 rings (SSSR count). The maximum atomic E-state index is 12.6.